The lowest BCUT2D eigenvalue weighted by atomic mass is 9.78. The molecule has 2 N–H and O–H groups in total. The van der Waals surface area contributed by atoms with Crippen LogP contribution in [-0.2, 0) is 24.1 Å². The maximum absolute atomic E-state index is 14.2. The average Bonchev–Trinajstić information content (AvgIpc) is 2.84. The van der Waals surface area contributed by atoms with Gasteiger partial charge in [-0.3, -0.25) is 9.59 Å². The molecule has 37 heavy (non-hydrogen) atoms. The van der Waals surface area contributed by atoms with Gasteiger partial charge in [0.05, 0.1) is 24.1 Å². The third-order valence-electron chi connectivity index (χ3n) is 6.29. The molecule has 0 unspecified atom stereocenters. The van der Waals surface area contributed by atoms with Crippen LogP contribution in [0.4, 0.5) is 17.6 Å². The molecule has 0 bridgehead atoms. The number of amides is 2. The number of aliphatic hydroxyl groups is 1. The molecule has 3 aromatic rings. The Morgan fingerprint density at radius 1 is 1.03 bits per heavy atom. The molecule has 1 aliphatic rings. The fourth-order valence-electron chi connectivity index (χ4n) is 4.72. The van der Waals surface area contributed by atoms with Crippen molar-refractivity contribution < 1.29 is 32.3 Å². The first-order valence-corrected chi connectivity index (χ1v) is 11.8. The second-order valence-electron chi connectivity index (χ2n) is 9.35. The summed E-state index contributed by atoms with van der Waals surface area (Å²) in [6.45, 7) is 3.03. The van der Waals surface area contributed by atoms with E-state index in [4.69, 9.17) is 0 Å². The van der Waals surface area contributed by atoms with E-state index >= 15 is 0 Å². The van der Waals surface area contributed by atoms with E-state index in [1.54, 1.807) is 62.4 Å². The van der Waals surface area contributed by atoms with Crippen LogP contribution in [0.1, 0.15) is 64.0 Å². The van der Waals surface area contributed by atoms with Gasteiger partial charge in [0.25, 0.3) is 5.91 Å². The summed E-state index contributed by atoms with van der Waals surface area (Å²) in [7, 11) is 0. The molecule has 3 aromatic carbocycles. The van der Waals surface area contributed by atoms with Crippen LogP contribution in [0.2, 0.25) is 0 Å². The highest BCUT2D eigenvalue weighted by Gasteiger charge is 2.44. The largest absolute Gasteiger partial charge is 0.416 e. The van der Waals surface area contributed by atoms with E-state index in [1.165, 1.54) is 4.90 Å². The standard InChI is InChI=1S/C28H26F4N2O3/c1-16(2)33-26(36)24-22-5-3-4-6-23(22)27(37)34(25(24)19-9-7-17(15-35)8-10-19)14-18-11-20(28(30,31)32)13-21(29)12-18/h3-13,16,24-25,35H,14-15H2,1-2H3,(H,33,36)/t24-,25+/m1/s1. The fourth-order valence-corrected chi connectivity index (χ4v) is 4.72. The van der Waals surface area contributed by atoms with Crippen molar-refractivity contribution in [1.82, 2.24) is 10.2 Å². The summed E-state index contributed by atoms with van der Waals surface area (Å²) in [5, 5.41) is 12.3. The highest BCUT2D eigenvalue weighted by molar-refractivity contribution is 6.01. The van der Waals surface area contributed by atoms with Crippen LogP contribution >= 0.6 is 0 Å². The van der Waals surface area contributed by atoms with Gasteiger partial charge in [-0.2, -0.15) is 13.2 Å². The molecule has 0 saturated heterocycles. The molecule has 2 amide bonds. The van der Waals surface area contributed by atoms with Crippen LogP contribution in [0.3, 0.4) is 0 Å². The summed E-state index contributed by atoms with van der Waals surface area (Å²) in [5.41, 5.74) is 0.693. The molecule has 2 atom stereocenters. The fraction of sp³-hybridized carbons (Fsp3) is 0.286. The Hall–Kier alpha value is -3.72. The zero-order valence-corrected chi connectivity index (χ0v) is 20.2. The highest BCUT2D eigenvalue weighted by Crippen LogP contribution is 2.44. The first-order valence-electron chi connectivity index (χ1n) is 11.8. The number of carbonyl (C=O) groups is 2. The number of aliphatic hydroxyl groups excluding tert-OH is 1. The quantitative estimate of drug-likeness (QED) is 0.436. The molecule has 5 nitrogen and oxygen atoms in total. The Kier molecular flexibility index (Phi) is 7.36. The number of nitrogens with zero attached hydrogens (tertiary/aromatic N) is 1. The van der Waals surface area contributed by atoms with E-state index in [0.29, 0.717) is 22.8 Å². The number of alkyl halides is 3. The zero-order chi connectivity index (χ0) is 26.9. The number of hydrogen-bond donors (Lipinski definition) is 2. The molecule has 1 heterocycles. The van der Waals surface area contributed by atoms with Gasteiger partial charge < -0.3 is 15.3 Å². The summed E-state index contributed by atoms with van der Waals surface area (Å²) in [6.07, 6.45) is -4.77. The minimum Gasteiger partial charge on any atom is -0.392 e. The third kappa shape index (κ3) is 5.51. The third-order valence-corrected chi connectivity index (χ3v) is 6.29. The Bertz CT molecular complexity index is 1310. The number of rotatable bonds is 6. The van der Waals surface area contributed by atoms with Gasteiger partial charge in [-0.15, -0.1) is 0 Å². The van der Waals surface area contributed by atoms with Gasteiger partial charge in [0.1, 0.15) is 5.82 Å². The van der Waals surface area contributed by atoms with Crippen LogP contribution in [0.5, 0.6) is 0 Å². The summed E-state index contributed by atoms with van der Waals surface area (Å²) in [6, 6.07) is 14.3. The van der Waals surface area contributed by atoms with Crippen LogP contribution in [0.25, 0.3) is 0 Å². The Balaban J connectivity index is 1.89. The Morgan fingerprint density at radius 3 is 2.32 bits per heavy atom. The predicted octanol–water partition coefficient (Wildman–Crippen LogP) is 5.34. The Morgan fingerprint density at radius 2 is 1.70 bits per heavy atom. The van der Waals surface area contributed by atoms with E-state index in [0.717, 1.165) is 12.1 Å². The number of hydrogen-bond acceptors (Lipinski definition) is 3. The summed E-state index contributed by atoms with van der Waals surface area (Å²) < 4.78 is 54.4. The monoisotopic (exact) mass is 514 g/mol. The van der Waals surface area contributed by atoms with Gasteiger partial charge in [-0.1, -0.05) is 42.5 Å². The topological polar surface area (TPSA) is 69.6 Å². The minimum atomic E-state index is -4.77. The molecule has 1 aliphatic heterocycles. The molecular weight excluding hydrogens is 488 g/mol. The van der Waals surface area contributed by atoms with E-state index in [-0.39, 0.29) is 36.2 Å². The molecule has 194 valence electrons. The van der Waals surface area contributed by atoms with Crippen LogP contribution in [-0.4, -0.2) is 27.9 Å². The van der Waals surface area contributed by atoms with Gasteiger partial charge in [-0.05, 0) is 60.4 Å². The maximum atomic E-state index is 14.2. The first-order chi connectivity index (χ1) is 17.5. The number of halogens is 4. The van der Waals surface area contributed by atoms with E-state index < -0.39 is 35.4 Å². The number of fused-ring (bicyclic) bond motifs is 1. The molecule has 0 radical (unpaired) electrons. The second kappa shape index (κ2) is 10.3. The smallest absolute Gasteiger partial charge is 0.392 e. The average molecular weight is 515 g/mol. The molecular formula is C28H26F4N2O3. The van der Waals surface area contributed by atoms with Gasteiger partial charge >= 0.3 is 6.18 Å². The van der Waals surface area contributed by atoms with Crippen molar-refractivity contribution in [2.24, 2.45) is 0 Å². The van der Waals surface area contributed by atoms with Gasteiger partial charge in [0.15, 0.2) is 0 Å². The summed E-state index contributed by atoms with van der Waals surface area (Å²) >= 11 is 0. The molecule has 0 saturated carbocycles. The lowest BCUT2D eigenvalue weighted by molar-refractivity contribution is -0.137. The highest BCUT2D eigenvalue weighted by atomic mass is 19.4. The van der Waals surface area contributed by atoms with Crippen LogP contribution in [0.15, 0.2) is 66.7 Å². The van der Waals surface area contributed by atoms with E-state index in [1.807, 2.05) is 0 Å². The number of benzene rings is 3. The van der Waals surface area contributed by atoms with Crippen LogP contribution in [0, 0.1) is 5.82 Å². The van der Waals surface area contributed by atoms with Gasteiger partial charge in [0, 0.05) is 18.2 Å². The SMILES string of the molecule is CC(C)NC(=O)[C@@H]1c2ccccc2C(=O)N(Cc2cc(F)cc(C(F)(F)F)c2)[C@H]1c1ccc(CO)cc1. The van der Waals surface area contributed by atoms with Gasteiger partial charge in [0.2, 0.25) is 5.91 Å². The molecule has 0 aliphatic carbocycles. The van der Waals surface area contributed by atoms with Crippen molar-refractivity contribution in [1.29, 1.82) is 0 Å². The van der Waals surface area contributed by atoms with Crippen molar-refractivity contribution in [3.05, 3.63) is 106 Å². The molecule has 0 spiro atoms. The van der Waals surface area contributed by atoms with Crippen molar-refractivity contribution in [3.8, 4) is 0 Å². The zero-order valence-electron chi connectivity index (χ0n) is 20.2. The van der Waals surface area contributed by atoms with Crippen molar-refractivity contribution in [2.45, 2.75) is 51.2 Å². The van der Waals surface area contributed by atoms with E-state index in [9.17, 15) is 32.3 Å². The lowest BCUT2D eigenvalue weighted by Gasteiger charge is -2.42. The maximum Gasteiger partial charge on any atom is 0.416 e. The number of nitrogens with one attached hydrogen (secondary N) is 1. The van der Waals surface area contributed by atoms with Crippen molar-refractivity contribution in [2.75, 3.05) is 0 Å². The first kappa shape index (κ1) is 26.3. The van der Waals surface area contributed by atoms with Gasteiger partial charge in [-0.25, -0.2) is 4.39 Å². The van der Waals surface area contributed by atoms with Crippen LogP contribution < -0.4 is 5.32 Å². The number of carbonyl (C=O) groups excluding carboxylic acids is 2. The summed E-state index contributed by atoms with van der Waals surface area (Å²) in [4.78, 5) is 28.6. The van der Waals surface area contributed by atoms with E-state index in [2.05, 4.69) is 5.32 Å². The van der Waals surface area contributed by atoms with Crippen molar-refractivity contribution >= 4 is 11.8 Å². The predicted molar refractivity (Wildman–Crippen MR) is 129 cm³/mol. The molecule has 0 fully saturated rings. The second-order valence-corrected chi connectivity index (χ2v) is 9.35. The summed E-state index contributed by atoms with van der Waals surface area (Å²) in [5.74, 6) is -2.80. The lowest BCUT2D eigenvalue weighted by Crippen LogP contribution is -2.48. The molecule has 4 rings (SSSR count). The van der Waals surface area contributed by atoms with Crippen molar-refractivity contribution in [3.63, 3.8) is 0 Å². The normalized spacial score (nSPS) is 17.6. The Labute approximate surface area is 211 Å². The molecule has 0 aromatic heterocycles. The molecule has 9 heteroatoms. The minimum absolute atomic E-state index is 0.0555.